The monoisotopic (exact) mass is 415 g/mol. The van der Waals surface area contributed by atoms with Gasteiger partial charge in [-0.05, 0) is 60.5 Å². The fourth-order valence-electron chi connectivity index (χ4n) is 3.46. The number of carbonyl (C=O) groups is 1. The summed E-state index contributed by atoms with van der Waals surface area (Å²) in [6.07, 6.45) is 2.71. The molecule has 0 radical (unpaired) electrons. The number of urea groups is 1. The topological polar surface area (TPSA) is 93.3 Å². The molecular formula is C24H25N5O2. The summed E-state index contributed by atoms with van der Waals surface area (Å²) < 4.78 is 0. The first-order valence-corrected chi connectivity index (χ1v) is 9.98. The molecule has 4 aromatic rings. The van der Waals surface area contributed by atoms with Crippen LogP contribution >= 0.6 is 0 Å². The summed E-state index contributed by atoms with van der Waals surface area (Å²) in [7, 11) is 3.93. The molecule has 0 aliphatic rings. The second-order valence-corrected chi connectivity index (χ2v) is 7.70. The number of rotatable bonds is 5. The Morgan fingerprint density at radius 1 is 1.06 bits per heavy atom. The predicted octanol–water partition coefficient (Wildman–Crippen LogP) is 4.66. The van der Waals surface area contributed by atoms with E-state index in [1.807, 2.05) is 62.3 Å². The largest absolute Gasteiger partial charge is 0.384 e. The number of aliphatic hydroxyl groups excluding tert-OH is 1. The number of nitrogens with one attached hydrogen (secondary N) is 3. The molecule has 1 unspecified atom stereocenters. The van der Waals surface area contributed by atoms with Gasteiger partial charge in [-0.25, -0.2) is 9.78 Å². The summed E-state index contributed by atoms with van der Waals surface area (Å²) in [6.45, 7) is 1.97. The standard InChI is InChI=1S/C24H25N5O2/c1-15-11-20-21(14-26-23(20)25-13-15)22(30)16-5-4-6-18(12-16)28-24(31)27-17-7-9-19(10-8-17)29(2)3/h4-14,22,30H,1-3H3,(H,25,26)(H2,27,28,31). The maximum atomic E-state index is 12.4. The highest BCUT2D eigenvalue weighted by atomic mass is 16.3. The number of aryl methyl sites for hydroxylation is 1. The van der Waals surface area contributed by atoms with Gasteiger partial charge in [0.05, 0.1) is 0 Å². The summed E-state index contributed by atoms with van der Waals surface area (Å²) in [4.78, 5) is 21.9. The van der Waals surface area contributed by atoms with Crippen LogP contribution in [-0.4, -0.2) is 35.2 Å². The quantitative estimate of drug-likeness (QED) is 0.381. The van der Waals surface area contributed by atoms with Gasteiger partial charge in [0, 0.05) is 54.5 Å². The minimum atomic E-state index is -0.847. The highest BCUT2D eigenvalue weighted by Gasteiger charge is 2.16. The number of aromatic amines is 1. The molecule has 0 aliphatic heterocycles. The maximum Gasteiger partial charge on any atom is 0.323 e. The summed E-state index contributed by atoms with van der Waals surface area (Å²) >= 11 is 0. The number of hydrogen-bond acceptors (Lipinski definition) is 4. The van der Waals surface area contributed by atoms with Crippen molar-refractivity contribution in [2.24, 2.45) is 0 Å². The molecule has 4 rings (SSSR count). The summed E-state index contributed by atoms with van der Waals surface area (Å²) in [6, 6.07) is 16.4. The van der Waals surface area contributed by atoms with E-state index < -0.39 is 6.10 Å². The van der Waals surface area contributed by atoms with Crippen LogP contribution in [0.15, 0.2) is 67.0 Å². The van der Waals surface area contributed by atoms with Crippen LogP contribution in [0.1, 0.15) is 22.8 Å². The molecule has 2 aromatic carbocycles. The van der Waals surface area contributed by atoms with Gasteiger partial charge in [-0.1, -0.05) is 12.1 Å². The number of aliphatic hydroxyl groups is 1. The smallest absolute Gasteiger partial charge is 0.323 e. The zero-order valence-corrected chi connectivity index (χ0v) is 17.7. The molecule has 2 aromatic heterocycles. The second kappa shape index (κ2) is 8.49. The first-order chi connectivity index (χ1) is 14.9. The van der Waals surface area contributed by atoms with E-state index in [0.29, 0.717) is 16.9 Å². The van der Waals surface area contributed by atoms with Crippen molar-refractivity contribution in [3.63, 3.8) is 0 Å². The maximum absolute atomic E-state index is 12.4. The van der Waals surface area contributed by atoms with E-state index in [0.717, 1.165) is 27.8 Å². The van der Waals surface area contributed by atoms with Gasteiger partial charge < -0.3 is 25.6 Å². The highest BCUT2D eigenvalue weighted by molar-refractivity contribution is 5.99. The van der Waals surface area contributed by atoms with Crippen LogP contribution in [0.3, 0.4) is 0 Å². The van der Waals surface area contributed by atoms with Gasteiger partial charge in [0.25, 0.3) is 0 Å². The molecule has 7 nitrogen and oxygen atoms in total. The Hall–Kier alpha value is -3.84. The van der Waals surface area contributed by atoms with Gasteiger partial charge in [0.1, 0.15) is 11.8 Å². The Morgan fingerprint density at radius 3 is 2.55 bits per heavy atom. The fraction of sp³-hybridized carbons (Fsp3) is 0.167. The number of pyridine rings is 1. The summed E-state index contributed by atoms with van der Waals surface area (Å²) in [5, 5.41) is 17.5. The first kappa shape index (κ1) is 20.4. The molecule has 7 heteroatoms. The lowest BCUT2D eigenvalue weighted by molar-refractivity contribution is 0.222. The van der Waals surface area contributed by atoms with Crippen LogP contribution in [0.2, 0.25) is 0 Å². The van der Waals surface area contributed by atoms with Crippen LogP contribution in [0.25, 0.3) is 11.0 Å². The summed E-state index contributed by atoms with van der Waals surface area (Å²) in [5.41, 5.74) is 5.51. The van der Waals surface area contributed by atoms with Crippen LogP contribution < -0.4 is 15.5 Å². The van der Waals surface area contributed by atoms with Gasteiger partial charge in [0.2, 0.25) is 0 Å². The van der Waals surface area contributed by atoms with Crippen molar-refractivity contribution < 1.29 is 9.90 Å². The molecule has 0 saturated carbocycles. The number of amides is 2. The molecule has 31 heavy (non-hydrogen) atoms. The first-order valence-electron chi connectivity index (χ1n) is 9.98. The predicted molar refractivity (Wildman–Crippen MR) is 125 cm³/mol. The lowest BCUT2D eigenvalue weighted by atomic mass is 10.0. The number of hydrogen-bond donors (Lipinski definition) is 4. The third-order valence-corrected chi connectivity index (χ3v) is 5.10. The molecule has 1 atom stereocenters. The van der Waals surface area contributed by atoms with Crippen molar-refractivity contribution in [3.8, 4) is 0 Å². The third-order valence-electron chi connectivity index (χ3n) is 5.10. The van der Waals surface area contributed by atoms with E-state index in [-0.39, 0.29) is 6.03 Å². The minimum Gasteiger partial charge on any atom is -0.384 e. The van der Waals surface area contributed by atoms with Gasteiger partial charge >= 0.3 is 6.03 Å². The van der Waals surface area contributed by atoms with Crippen LogP contribution in [0.5, 0.6) is 0 Å². The molecular weight excluding hydrogens is 390 g/mol. The number of carbonyl (C=O) groups excluding carboxylic acids is 1. The number of H-pyrrole nitrogens is 1. The molecule has 0 aliphatic carbocycles. The zero-order chi connectivity index (χ0) is 22.0. The molecule has 0 spiro atoms. The molecule has 4 N–H and O–H groups in total. The average Bonchev–Trinajstić information content (AvgIpc) is 3.16. The minimum absolute atomic E-state index is 0.351. The van der Waals surface area contributed by atoms with Crippen molar-refractivity contribution in [2.45, 2.75) is 13.0 Å². The number of nitrogens with zero attached hydrogens (tertiary/aromatic N) is 2. The van der Waals surface area contributed by atoms with Crippen molar-refractivity contribution in [2.75, 3.05) is 29.6 Å². The van der Waals surface area contributed by atoms with Gasteiger partial charge in [-0.2, -0.15) is 0 Å². The SMILES string of the molecule is Cc1cnc2[nH]cc(C(O)c3cccc(NC(=O)Nc4ccc(N(C)C)cc4)c3)c2c1. The zero-order valence-electron chi connectivity index (χ0n) is 17.7. The van der Waals surface area contributed by atoms with E-state index in [1.165, 1.54) is 0 Å². The lowest BCUT2D eigenvalue weighted by Gasteiger charge is -2.14. The van der Waals surface area contributed by atoms with Crippen molar-refractivity contribution in [1.29, 1.82) is 0 Å². The average molecular weight is 415 g/mol. The van der Waals surface area contributed by atoms with E-state index in [4.69, 9.17) is 0 Å². The Labute approximate surface area is 180 Å². The molecule has 158 valence electrons. The van der Waals surface area contributed by atoms with E-state index in [2.05, 4.69) is 20.6 Å². The Morgan fingerprint density at radius 2 is 1.81 bits per heavy atom. The third kappa shape index (κ3) is 4.51. The van der Waals surface area contributed by atoms with E-state index in [9.17, 15) is 9.90 Å². The second-order valence-electron chi connectivity index (χ2n) is 7.70. The molecule has 2 heterocycles. The number of aromatic nitrogens is 2. The van der Waals surface area contributed by atoms with Crippen LogP contribution in [-0.2, 0) is 0 Å². The molecule has 0 saturated heterocycles. The number of anilines is 3. The Kier molecular flexibility index (Phi) is 5.60. The van der Waals surface area contributed by atoms with E-state index in [1.54, 1.807) is 30.6 Å². The van der Waals surface area contributed by atoms with Crippen molar-refractivity contribution in [3.05, 3.63) is 83.7 Å². The van der Waals surface area contributed by atoms with Crippen LogP contribution in [0.4, 0.5) is 21.9 Å². The number of fused-ring (bicyclic) bond motifs is 1. The van der Waals surface area contributed by atoms with Crippen molar-refractivity contribution in [1.82, 2.24) is 9.97 Å². The van der Waals surface area contributed by atoms with Crippen LogP contribution in [0, 0.1) is 6.92 Å². The van der Waals surface area contributed by atoms with E-state index >= 15 is 0 Å². The normalized spacial score (nSPS) is 11.9. The molecule has 0 bridgehead atoms. The molecule has 0 fully saturated rings. The Balaban J connectivity index is 1.48. The highest BCUT2D eigenvalue weighted by Crippen LogP contribution is 2.30. The number of benzene rings is 2. The van der Waals surface area contributed by atoms with Crippen molar-refractivity contribution >= 4 is 34.1 Å². The summed E-state index contributed by atoms with van der Waals surface area (Å²) in [5.74, 6) is 0. The van der Waals surface area contributed by atoms with Gasteiger partial charge in [0.15, 0.2) is 0 Å². The lowest BCUT2D eigenvalue weighted by Crippen LogP contribution is -2.19. The fourth-order valence-corrected chi connectivity index (χ4v) is 3.46. The Bertz CT molecular complexity index is 1210. The van der Waals surface area contributed by atoms with Gasteiger partial charge in [-0.3, -0.25) is 0 Å². The van der Waals surface area contributed by atoms with Gasteiger partial charge in [-0.15, -0.1) is 0 Å². The molecule has 2 amide bonds.